The van der Waals surface area contributed by atoms with Crippen molar-refractivity contribution >= 4 is 5.91 Å². The van der Waals surface area contributed by atoms with E-state index in [1.807, 2.05) is 43.3 Å². The van der Waals surface area contributed by atoms with Gasteiger partial charge in [-0.05, 0) is 56.4 Å². The molecule has 0 bridgehead atoms. The van der Waals surface area contributed by atoms with E-state index < -0.39 is 5.60 Å². The van der Waals surface area contributed by atoms with Gasteiger partial charge in [-0.15, -0.1) is 0 Å². The van der Waals surface area contributed by atoms with Crippen LogP contribution in [0.3, 0.4) is 0 Å². The van der Waals surface area contributed by atoms with Crippen molar-refractivity contribution < 1.29 is 15.0 Å². The van der Waals surface area contributed by atoms with Crippen molar-refractivity contribution in [1.29, 1.82) is 0 Å². The monoisotopic (exact) mass is 411 g/mol. The van der Waals surface area contributed by atoms with Crippen LogP contribution in [-0.2, 0) is 11.2 Å². The molecular formula is C26H37NO3. The van der Waals surface area contributed by atoms with E-state index in [-0.39, 0.29) is 17.9 Å². The Kier molecular flexibility index (Phi) is 7.54. The summed E-state index contributed by atoms with van der Waals surface area (Å²) >= 11 is 0. The van der Waals surface area contributed by atoms with Crippen LogP contribution in [0.2, 0.25) is 0 Å². The van der Waals surface area contributed by atoms with Crippen LogP contribution in [0.4, 0.5) is 0 Å². The summed E-state index contributed by atoms with van der Waals surface area (Å²) < 4.78 is 0. The molecule has 1 amide bonds. The van der Waals surface area contributed by atoms with E-state index >= 15 is 0 Å². The minimum Gasteiger partial charge on any atom is -0.392 e. The Bertz CT molecular complexity index is 766. The highest BCUT2D eigenvalue weighted by Crippen LogP contribution is 2.48. The van der Waals surface area contributed by atoms with Gasteiger partial charge in [-0.2, -0.15) is 0 Å². The molecule has 1 fully saturated rings. The normalized spacial score (nSPS) is 27.7. The van der Waals surface area contributed by atoms with Crippen LogP contribution in [0.25, 0.3) is 0 Å². The second-order valence-corrected chi connectivity index (χ2v) is 9.61. The van der Waals surface area contributed by atoms with Gasteiger partial charge in [0.1, 0.15) is 0 Å². The van der Waals surface area contributed by atoms with Crippen LogP contribution in [0.1, 0.15) is 51.0 Å². The number of benzene rings is 1. The number of carbonyl (C=O) groups excluding carboxylic acids is 1. The highest BCUT2D eigenvalue weighted by Gasteiger charge is 2.43. The zero-order chi connectivity index (χ0) is 21.7. The number of hydrogen-bond acceptors (Lipinski definition) is 3. The number of aliphatic hydroxyl groups is 2. The highest BCUT2D eigenvalue weighted by molar-refractivity contribution is 5.75. The smallest absolute Gasteiger partial charge is 0.222 e. The topological polar surface area (TPSA) is 60.8 Å². The number of allylic oxidation sites excluding steroid dienone is 2. The third-order valence-electron chi connectivity index (χ3n) is 6.67. The summed E-state index contributed by atoms with van der Waals surface area (Å²) in [4.78, 5) is 13.4. The van der Waals surface area contributed by atoms with Crippen LogP contribution in [-0.4, -0.2) is 46.8 Å². The SMILES string of the molecule is CN(C)C(=O)CCCCC1=C[C@H]2C[C@@H](O)[C@H](/C=C/[C@](C)(O)Cc3ccccc3)[C@H]2C1. The molecule has 0 spiro atoms. The van der Waals surface area contributed by atoms with Crippen molar-refractivity contribution in [2.75, 3.05) is 14.1 Å². The van der Waals surface area contributed by atoms with Crippen molar-refractivity contribution in [3.8, 4) is 0 Å². The maximum absolute atomic E-state index is 11.7. The third kappa shape index (κ3) is 6.05. The van der Waals surface area contributed by atoms with Gasteiger partial charge in [0, 0.05) is 32.9 Å². The molecule has 30 heavy (non-hydrogen) atoms. The van der Waals surface area contributed by atoms with Gasteiger partial charge in [0.05, 0.1) is 11.7 Å². The van der Waals surface area contributed by atoms with Gasteiger partial charge < -0.3 is 15.1 Å². The van der Waals surface area contributed by atoms with Gasteiger partial charge in [-0.1, -0.05) is 54.1 Å². The molecule has 4 heteroatoms. The number of aliphatic hydroxyl groups excluding tert-OH is 1. The van der Waals surface area contributed by atoms with Crippen LogP contribution in [0, 0.1) is 17.8 Å². The Labute approximate surface area is 181 Å². The zero-order valence-electron chi connectivity index (χ0n) is 18.6. The lowest BCUT2D eigenvalue weighted by Gasteiger charge is -2.23. The molecule has 1 aromatic rings. The fourth-order valence-corrected chi connectivity index (χ4v) is 5.03. The van der Waals surface area contributed by atoms with Crippen molar-refractivity contribution in [2.24, 2.45) is 17.8 Å². The summed E-state index contributed by atoms with van der Waals surface area (Å²) in [5, 5.41) is 21.4. The fraction of sp³-hybridized carbons (Fsp3) is 0.577. The maximum Gasteiger partial charge on any atom is 0.222 e. The second kappa shape index (κ2) is 9.93. The molecule has 5 atom stereocenters. The molecular weight excluding hydrogens is 374 g/mol. The molecule has 3 rings (SSSR count). The van der Waals surface area contributed by atoms with Crippen molar-refractivity contribution in [3.05, 3.63) is 59.7 Å². The lowest BCUT2D eigenvalue weighted by molar-refractivity contribution is -0.128. The van der Waals surface area contributed by atoms with Gasteiger partial charge in [0.25, 0.3) is 0 Å². The number of carbonyl (C=O) groups is 1. The Morgan fingerprint density at radius 2 is 1.97 bits per heavy atom. The molecule has 164 valence electrons. The first-order valence-electron chi connectivity index (χ1n) is 11.3. The fourth-order valence-electron chi connectivity index (χ4n) is 5.03. The number of nitrogens with zero attached hydrogens (tertiary/aromatic N) is 1. The molecule has 0 radical (unpaired) electrons. The van der Waals surface area contributed by atoms with Crippen LogP contribution in [0.5, 0.6) is 0 Å². The Morgan fingerprint density at radius 3 is 2.67 bits per heavy atom. The highest BCUT2D eigenvalue weighted by atomic mass is 16.3. The van der Waals surface area contributed by atoms with Crippen molar-refractivity contribution in [3.63, 3.8) is 0 Å². The number of unbranched alkanes of at least 4 members (excludes halogenated alkanes) is 1. The summed E-state index contributed by atoms with van der Waals surface area (Å²) in [5.41, 5.74) is 1.66. The minimum atomic E-state index is -0.924. The van der Waals surface area contributed by atoms with Crippen LogP contribution in [0.15, 0.2) is 54.1 Å². The lowest BCUT2D eigenvalue weighted by Crippen LogP contribution is -2.26. The predicted molar refractivity (Wildman–Crippen MR) is 121 cm³/mol. The third-order valence-corrected chi connectivity index (χ3v) is 6.67. The summed E-state index contributed by atoms with van der Waals surface area (Å²) in [6, 6.07) is 10.0. The van der Waals surface area contributed by atoms with Crippen molar-refractivity contribution in [1.82, 2.24) is 4.90 Å². The van der Waals surface area contributed by atoms with E-state index in [1.165, 1.54) is 5.57 Å². The molecule has 0 aromatic heterocycles. The van der Waals surface area contributed by atoms with Gasteiger partial charge in [0.2, 0.25) is 5.91 Å². The molecule has 2 aliphatic carbocycles. The standard InChI is InChI=1S/C26H37NO3/c1-26(30,18-19-9-5-4-6-10-19)14-13-22-23-16-20(15-21(23)17-24(22)28)11-7-8-12-25(29)27(2)3/h4-6,9-10,13-15,21-24,28,30H,7-8,11-12,16-18H2,1-3H3/b14-13+/t21-,22+,23-,24+,26-/m0/s1. The van der Waals surface area contributed by atoms with Crippen LogP contribution >= 0.6 is 0 Å². The zero-order valence-corrected chi connectivity index (χ0v) is 18.6. The summed E-state index contributed by atoms with van der Waals surface area (Å²) in [6.45, 7) is 1.84. The molecule has 2 aliphatic rings. The lowest BCUT2D eigenvalue weighted by atomic mass is 9.87. The molecule has 0 aliphatic heterocycles. The second-order valence-electron chi connectivity index (χ2n) is 9.61. The Morgan fingerprint density at radius 1 is 1.23 bits per heavy atom. The largest absolute Gasteiger partial charge is 0.392 e. The molecule has 0 saturated heterocycles. The Balaban J connectivity index is 1.51. The van der Waals surface area contributed by atoms with Crippen LogP contribution < -0.4 is 0 Å². The quantitative estimate of drug-likeness (QED) is 0.474. The minimum absolute atomic E-state index is 0.0984. The molecule has 0 heterocycles. The average molecular weight is 412 g/mol. The van der Waals surface area contributed by atoms with Gasteiger partial charge >= 0.3 is 0 Å². The van der Waals surface area contributed by atoms with E-state index in [0.717, 1.165) is 37.7 Å². The van der Waals surface area contributed by atoms with Gasteiger partial charge in [-0.25, -0.2) is 0 Å². The van der Waals surface area contributed by atoms with E-state index in [1.54, 1.807) is 19.0 Å². The van der Waals surface area contributed by atoms with E-state index in [2.05, 4.69) is 12.2 Å². The van der Waals surface area contributed by atoms with E-state index in [4.69, 9.17) is 0 Å². The van der Waals surface area contributed by atoms with E-state index in [9.17, 15) is 15.0 Å². The molecule has 2 N–H and O–H groups in total. The number of amides is 1. The summed E-state index contributed by atoms with van der Waals surface area (Å²) in [7, 11) is 3.61. The van der Waals surface area contributed by atoms with Gasteiger partial charge in [0.15, 0.2) is 0 Å². The number of fused-ring (bicyclic) bond motifs is 1. The average Bonchev–Trinajstić information content (AvgIpc) is 3.20. The molecule has 1 aromatic carbocycles. The Hall–Kier alpha value is -1.91. The summed E-state index contributed by atoms with van der Waals surface area (Å²) in [5.74, 6) is 1.17. The molecule has 0 unspecified atom stereocenters. The number of rotatable bonds is 9. The van der Waals surface area contributed by atoms with E-state index in [0.29, 0.717) is 24.7 Å². The molecule has 4 nitrogen and oxygen atoms in total. The predicted octanol–water partition coefficient (Wildman–Crippen LogP) is 4.13. The summed E-state index contributed by atoms with van der Waals surface area (Å²) in [6.07, 6.45) is 12.0. The first-order valence-corrected chi connectivity index (χ1v) is 11.3. The first-order chi connectivity index (χ1) is 14.2. The molecule has 1 saturated carbocycles. The van der Waals surface area contributed by atoms with Crippen molar-refractivity contribution in [2.45, 2.75) is 63.6 Å². The number of hydrogen-bond donors (Lipinski definition) is 2. The first kappa shape index (κ1) is 22.8. The van der Waals surface area contributed by atoms with Gasteiger partial charge in [-0.3, -0.25) is 4.79 Å². The maximum atomic E-state index is 11.7.